The largest absolute Gasteiger partial charge is 0.363 e. The van der Waals surface area contributed by atoms with E-state index in [1.165, 1.54) is 0 Å². The minimum Gasteiger partial charge on any atom is -0.363 e. The Morgan fingerprint density at radius 2 is 1.83 bits per heavy atom. The number of nitrogens with one attached hydrogen (secondary N) is 2. The van der Waals surface area contributed by atoms with E-state index in [0.717, 1.165) is 17.9 Å². The van der Waals surface area contributed by atoms with E-state index in [0.29, 0.717) is 17.2 Å². The van der Waals surface area contributed by atoms with Gasteiger partial charge in [-0.2, -0.15) is 0 Å². The summed E-state index contributed by atoms with van der Waals surface area (Å²) in [6.45, 7) is 5.30. The molecule has 0 saturated carbocycles. The lowest BCUT2D eigenvalue weighted by Gasteiger charge is -2.21. The summed E-state index contributed by atoms with van der Waals surface area (Å²) in [5.41, 5.74) is 2.31. The van der Waals surface area contributed by atoms with E-state index in [1.54, 1.807) is 4.90 Å². The molecule has 0 aliphatic heterocycles. The Labute approximate surface area is 142 Å². The van der Waals surface area contributed by atoms with E-state index in [1.807, 2.05) is 68.4 Å². The first-order valence-electron chi connectivity index (χ1n) is 7.67. The molecule has 2 N–H and O–H groups in total. The zero-order valence-electron chi connectivity index (χ0n) is 13.4. The van der Waals surface area contributed by atoms with Gasteiger partial charge in [0.25, 0.3) is 5.91 Å². The van der Waals surface area contributed by atoms with Crippen molar-refractivity contribution in [3.05, 3.63) is 60.2 Å². The number of hydrogen-bond donors (Lipinski definition) is 2. The highest BCUT2D eigenvalue weighted by molar-refractivity contribution is 7.80. The summed E-state index contributed by atoms with van der Waals surface area (Å²) in [5, 5.41) is 6.66. The molecule has 1 amide bonds. The summed E-state index contributed by atoms with van der Waals surface area (Å²) in [6, 6.07) is 17.0. The highest BCUT2D eigenvalue weighted by Gasteiger charge is 2.16. The Balaban J connectivity index is 2.20. The second-order valence-electron chi connectivity index (χ2n) is 4.95. The number of amides is 1. The van der Waals surface area contributed by atoms with Gasteiger partial charge in [0, 0.05) is 30.0 Å². The lowest BCUT2D eigenvalue weighted by molar-refractivity contribution is 0.0988. The highest BCUT2D eigenvalue weighted by atomic mass is 32.1. The quantitative estimate of drug-likeness (QED) is 0.823. The molecule has 0 aliphatic rings. The summed E-state index contributed by atoms with van der Waals surface area (Å²) in [5.74, 6) is -0.0308. The number of rotatable bonds is 5. The Hall–Kier alpha value is -2.40. The molecule has 0 aromatic heterocycles. The van der Waals surface area contributed by atoms with Gasteiger partial charge in [-0.15, -0.1) is 0 Å². The van der Waals surface area contributed by atoms with Crippen LogP contribution in [-0.4, -0.2) is 24.1 Å². The molecule has 2 rings (SSSR count). The maximum absolute atomic E-state index is 12.8. The molecule has 0 heterocycles. The van der Waals surface area contributed by atoms with Crippen molar-refractivity contribution in [3.63, 3.8) is 0 Å². The van der Waals surface area contributed by atoms with E-state index in [9.17, 15) is 4.79 Å². The average Bonchev–Trinajstić information content (AvgIpc) is 2.57. The second-order valence-corrected chi connectivity index (χ2v) is 5.36. The molecule has 2 aromatic rings. The maximum Gasteiger partial charge on any atom is 0.258 e. The molecular formula is C18H21N3OS. The second kappa shape index (κ2) is 8.29. The summed E-state index contributed by atoms with van der Waals surface area (Å²) in [6.07, 6.45) is 0. The van der Waals surface area contributed by atoms with Gasteiger partial charge in [-0.25, -0.2) is 0 Å². The molecule has 23 heavy (non-hydrogen) atoms. The molecule has 0 unspecified atom stereocenters. The standard InChI is InChI=1S/C18H21N3OS/c1-3-19-18(23)20-15-10-8-9-14(13-15)17(22)21(4-2)16-11-6-5-7-12-16/h5-13H,3-4H2,1-2H3,(H2,19,20,23). The van der Waals surface area contributed by atoms with Crippen LogP contribution in [-0.2, 0) is 0 Å². The third kappa shape index (κ3) is 4.53. The Morgan fingerprint density at radius 3 is 2.48 bits per heavy atom. The van der Waals surface area contributed by atoms with Crippen LogP contribution >= 0.6 is 12.2 Å². The van der Waals surface area contributed by atoms with E-state index >= 15 is 0 Å². The number of nitrogens with zero attached hydrogens (tertiary/aromatic N) is 1. The molecule has 0 atom stereocenters. The third-order valence-electron chi connectivity index (χ3n) is 3.33. The van der Waals surface area contributed by atoms with Gasteiger partial charge in [0.2, 0.25) is 0 Å². The molecule has 120 valence electrons. The summed E-state index contributed by atoms with van der Waals surface area (Å²) < 4.78 is 0. The predicted molar refractivity (Wildman–Crippen MR) is 100 cm³/mol. The summed E-state index contributed by atoms with van der Waals surface area (Å²) in [7, 11) is 0. The third-order valence-corrected chi connectivity index (χ3v) is 3.58. The monoisotopic (exact) mass is 327 g/mol. The van der Waals surface area contributed by atoms with Crippen LogP contribution in [0.25, 0.3) is 0 Å². The van der Waals surface area contributed by atoms with Crippen LogP contribution in [0.2, 0.25) is 0 Å². The number of carbonyl (C=O) groups is 1. The molecule has 5 heteroatoms. The van der Waals surface area contributed by atoms with E-state index in [-0.39, 0.29) is 5.91 Å². The van der Waals surface area contributed by atoms with Crippen LogP contribution < -0.4 is 15.5 Å². The normalized spacial score (nSPS) is 10.0. The minimum absolute atomic E-state index is 0.0308. The van der Waals surface area contributed by atoms with Crippen LogP contribution in [0.3, 0.4) is 0 Å². The van der Waals surface area contributed by atoms with Crippen molar-refractivity contribution < 1.29 is 4.79 Å². The Kier molecular flexibility index (Phi) is 6.11. The zero-order chi connectivity index (χ0) is 16.7. The first-order chi connectivity index (χ1) is 11.2. The van der Waals surface area contributed by atoms with Gasteiger partial charge in [0.15, 0.2) is 5.11 Å². The van der Waals surface area contributed by atoms with Crippen LogP contribution in [0.5, 0.6) is 0 Å². The lowest BCUT2D eigenvalue weighted by Crippen LogP contribution is -2.31. The van der Waals surface area contributed by atoms with Crippen molar-refractivity contribution in [2.75, 3.05) is 23.3 Å². The van der Waals surface area contributed by atoms with Crippen LogP contribution in [0.4, 0.5) is 11.4 Å². The SMILES string of the molecule is CCNC(=S)Nc1cccc(C(=O)N(CC)c2ccccc2)c1. The molecule has 0 bridgehead atoms. The number of benzene rings is 2. The molecule has 0 radical (unpaired) electrons. The molecule has 0 aliphatic carbocycles. The van der Waals surface area contributed by atoms with Gasteiger partial charge in [0.1, 0.15) is 0 Å². The number of thiocarbonyl (C=S) groups is 1. The lowest BCUT2D eigenvalue weighted by atomic mass is 10.1. The van der Waals surface area contributed by atoms with Crippen molar-refractivity contribution in [3.8, 4) is 0 Å². The molecule has 2 aromatic carbocycles. The van der Waals surface area contributed by atoms with Gasteiger partial charge >= 0.3 is 0 Å². The number of hydrogen-bond acceptors (Lipinski definition) is 2. The predicted octanol–water partition coefficient (Wildman–Crippen LogP) is 3.66. The fourth-order valence-corrected chi connectivity index (χ4v) is 2.54. The topological polar surface area (TPSA) is 44.4 Å². The molecule has 0 spiro atoms. The molecule has 4 nitrogen and oxygen atoms in total. The average molecular weight is 327 g/mol. The van der Waals surface area contributed by atoms with Crippen LogP contribution in [0.1, 0.15) is 24.2 Å². The van der Waals surface area contributed by atoms with E-state index in [2.05, 4.69) is 10.6 Å². The van der Waals surface area contributed by atoms with Crippen molar-refractivity contribution >= 4 is 34.6 Å². The minimum atomic E-state index is -0.0308. The Morgan fingerprint density at radius 1 is 1.09 bits per heavy atom. The number of anilines is 2. The number of para-hydroxylation sites is 1. The van der Waals surface area contributed by atoms with Gasteiger partial charge in [-0.3, -0.25) is 4.79 Å². The number of carbonyl (C=O) groups excluding carboxylic acids is 1. The summed E-state index contributed by atoms with van der Waals surface area (Å²) in [4.78, 5) is 14.5. The van der Waals surface area contributed by atoms with Gasteiger partial charge in [0.05, 0.1) is 0 Å². The van der Waals surface area contributed by atoms with Gasteiger partial charge in [-0.1, -0.05) is 24.3 Å². The molecular weight excluding hydrogens is 306 g/mol. The van der Waals surface area contributed by atoms with Crippen molar-refractivity contribution in [2.24, 2.45) is 0 Å². The maximum atomic E-state index is 12.8. The van der Waals surface area contributed by atoms with Crippen molar-refractivity contribution in [1.29, 1.82) is 0 Å². The molecule has 0 fully saturated rings. The first-order valence-corrected chi connectivity index (χ1v) is 8.08. The Bertz CT molecular complexity index is 673. The summed E-state index contributed by atoms with van der Waals surface area (Å²) >= 11 is 5.18. The van der Waals surface area contributed by atoms with Gasteiger partial charge in [-0.05, 0) is 56.4 Å². The van der Waals surface area contributed by atoms with E-state index < -0.39 is 0 Å². The van der Waals surface area contributed by atoms with Crippen LogP contribution in [0.15, 0.2) is 54.6 Å². The van der Waals surface area contributed by atoms with E-state index in [4.69, 9.17) is 12.2 Å². The fourth-order valence-electron chi connectivity index (χ4n) is 2.27. The smallest absolute Gasteiger partial charge is 0.258 e. The van der Waals surface area contributed by atoms with Crippen LogP contribution in [0, 0.1) is 0 Å². The van der Waals surface area contributed by atoms with Crippen molar-refractivity contribution in [2.45, 2.75) is 13.8 Å². The fraction of sp³-hybridized carbons (Fsp3) is 0.222. The van der Waals surface area contributed by atoms with Crippen molar-refractivity contribution in [1.82, 2.24) is 5.32 Å². The molecule has 0 saturated heterocycles. The zero-order valence-corrected chi connectivity index (χ0v) is 14.2. The first kappa shape index (κ1) is 17.0. The highest BCUT2D eigenvalue weighted by Crippen LogP contribution is 2.18. The van der Waals surface area contributed by atoms with Gasteiger partial charge < -0.3 is 15.5 Å².